The molecule has 0 aliphatic rings. The van der Waals surface area contributed by atoms with E-state index in [2.05, 4.69) is 0 Å². The first kappa shape index (κ1) is 14.8. The second kappa shape index (κ2) is 7.83. The predicted molar refractivity (Wildman–Crippen MR) is 81.3 cm³/mol. The first-order chi connectivity index (χ1) is 9.77. The average molecular weight is 270 g/mol. The van der Waals surface area contributed by atoms with E-state index in [0.717, 1.165) is 36.8 Å². The van der Waals surface area contributed by atoms with Crippen LogP contribution in [0.15, 0.2) is 60.7 Å². The molecule has 0 radical (unpaired) electrons. The van der Waals surface area contributed by atoms with Gasteiger partial charge in [-0.15, -0.1) is 0 Å². The zero-order valence-electron chi connectivity index (χ0n) is 11.7. The third-order valence-electron chi connectivity index (χ3n) is 3.57. The Morgan fingerprint density at radius 1 is 0.600 bits per heavy atom. The van der Waals surface area contributed by atoms with Crippen LogP contribution < -0.4 is 0 Å². The molecule has 106 valence electrons. The smallest absolute Gasteiger partial charge is 0.0790 e. The molecule has 2 rings (SSSR count). The maximum atomic E-state index is 10.0. The summed E-state index contributed by atoms with van der Waals surface area (Å²) < 4.78 is 0. The van der Waals surface area contributed by atoms with Gasteiger partial charge in [-0.3, -0.25) is 0 Å². The lowest BCUT2D eigenvalue weighted by molar-refractivity contribution is 0.147. The zero-order chi connectivity index (χ0) is 14.2. The van der Waals surface area contributed by atoms with Crippen molar-refractivity contribution >= 4 is 0 Å². The van der Waals surface area contributed by atoms with Crippen molar-refractivity contribution in [1.82, 2.24) is 0 Å². The van der Waals surface area contributed by atoms with Crippen molar-refractivity contribution < 1.29 is 10.2 Å². The molecule has 2 aromatic rings. The van der Waals surface area contributed by atoms with Gasteiger partial charge in [-0.05, 0) is 24.0 Å². The van der Waals surface area contributed by atoms with Gasteiger partial charge in [0.05, 0.1) is 12.2 Å². The van der Waals surface area contributed by atoms with Crippen LogP contribution in [0.3, 0.4) is 0 Å². The molecule has 2 unspecified atom stereocenters. The topological polar surface area (TPSA) is 40.5 Å². The van der Waals surface area contributed by atoms with Gasteiger partial charge in [0.1, 0.15) is 0 Å². The van der Waals surface area contributed by atoms with Crippen LogP contribution in [0.1, 0.15) is 49.0 Å². The molecule has 0 saturated carbocycles. The molecule has 2 nitrogen and oxygen atoms in total. The summed E-state index contributed by atoms with van der Waals surface area (Å²) in [5.74, 6) is 0. The molecule has 0 bridgehead atoms. The number of aliphatic hydroxyl groups is 2. The summed E-state index contributed by atoms with van der Waals surface area (Å²) in [7, 11) is 0. The molecular formula is C18H22O2. The van der Waals surface area contributed by atoms with Crippen LogP contribution in [-0.2, 0) is 0 Å². The number of hydrogen-bond acceptors (Lipinski definition) is 2. The van der Waals surface area contributed by atoms with Crippen LogP contribution in [0.25, 0.3) is 0 Å². The highest BCUT2D eigenvalue weighted by atomic mass is 16.3. The molecule has 0 aromatic heterocycles. The summed E-state index contributed by atoms with van der Waals surface area (Å²) in [5, 5.41) is 20.1. The molecule has 0 aliphatic carbocycles. The molecule has 0 aliphatic heterocycles. The summed E-state index contributed by atoms with van der Waals surface area (Å²) in [4.78, 5) is 0. The van der Waals surface area contributed by atoms with E-state index >= 15 is 0 Å². The summed E-state index contributed by atoms with van der Waals surface area (Å²) in [6, 6.07) is 19.5. The van der Waals surface area contributed by atoms with Crippen molar-refractivity contribution in [2.45, 2.75) is 37.9 Å². The second-order valence-electron chi connectivity index (χ2n) is 5.14. The lowest BCUT2D eigenvalue weighted by atomic mass is 10.00. The summed E-state index contributed by atoms with van der Waals surface area (Å²) in [6.45, 7) is 0. The van der Waals surface area contributed by atoms with Crippen LogP contribution in [0.5, 0.6) is 0 Å². The Morgan fingerprint density at radius 2 is 0.950 bits per heavy atom. The highest BCUT2D eigenvalue weighted by Crippen LogP contribution is 2.23. The first-order valence-corrected chi connectivity index (χ1v) is 7.23. The van der Waals surface area contributed by atoms with E-state index in [9.17, 15) is 10.2 Å². The molecule has 2 heteroatoms. The largest absolute Gasteiger partial charge is 0.388 e. The van der Waals surface area contributed by atoms with Crippen LogP contribution in [0.4, 0.5) is 0 Å². The Bertz CT molecular complexity index is 434. The minimum atomic E-state index is -0.398. The molecule has 0 heterocycles. The van der Waals surface area contributed by atoms with E-state index in [4.69, 9.17) is 0 Å². The van der Waals surface area contributed by atoms with Crippen molar-refractivity contribution in [3.63, 3.8) is 0 Å². The average Bonchev–Trinajstić information content (AvgIpc) is 2.53. The molecule has 2 N–H and O–H groups in total. The standard InChI is InChI=1S/C18H22O2/c19-17(15-9-3-1-4-10-15)13-7-8-14-18(20)16-11-5-2-6-12-16/h1-6,9-12,17-20H,7-8,13-14H2. The van der Waals surface area contributed by atoms with Crippen LogP contribution in [0.2, 0.25) is 0 Å². The fraction of sp³-hybridized carbons (Fsp3) is 0.333. The summed E-state index contributed by atoms with van der Waals surface area (Å²) >= 11 is 0. The van der Waals surface area contributed by atoms with Crippen molar-refractivity contribution in [3.05, 3.63) is 71.8 Å². The predicted octanol–water partition coefficient (Wildman–Crippen LogP) is 4.01. The number of aliphatic hydroxyl groups excluding tert-OH is 2. The quantitative estimate of drug-likeness (QED) is 0.746. The Kier molecular flexibility index (Phi) is 5.78. The van der Waals surface area contributed by atoms with Crippen LogP contribution in [-0.4, -0.2) is 10.2 Å². The molecule has 20 heavy (non-hydrogen) atoms. The molecule has 0 amide bonds. The van der Waals surface area contributed by atoms with Gasteiger partial charge in [0, 0.05) is 0 Å². The minimum absolute atomic E-state index is 0.398. The summed E-state index contributed by atoms with van der Waals surface area (Å²) in [6.07, 6.45) is 2.52. The maximum absolute atomic E-state index is 10.0. The number of benzene rings is 2. The van der Waals surface area contributed by atoms with Gasteiger partial charge in [-0.1, -0.05) is 73.5 Å². The normalized spacial score (nSPS) is 13.9. The molecular weight excluding hydrogens is 248 g/mol. The van der Waals surface area contributed by atoms with Gasteiger partial charge >= 0.3 is 0 Å². The summed E-state index contributed by atoms with van der Waals surface area (Å²) in [5.41, 5.74) is 1.94. The maximum Gasteiger partial charge on any atom is 0.0790 e. The van der Waals surface area contributed by atoms with Crippen LogP contribution in [0, 0.1) is 0 Å². The van der Waals surface area contributed by atoms with Gasteiger partial charge in [-0.2, -0.15) is 0 Å². The third kappa shape index (κ3) is 4.48. The van der Waals surface area contributed by atoms with Gasteiger partial charge in [0.15, 0.2) is 0 Å². The highest BCUT2D eigenvalue weighted by Gasteiger charge is 2.09. The Morgan fingerprint density at radius 3 is 1.30 bits per heavy atom. The van der Waals surface area contributed by atoms with E-state index in [0.29, 0.717) is 0 Å². The second-order valence-corrected chi connectivity index (χ2v) is 5.14. The van der Waals surface area contributed by atoms with E-state index in [1.54, 1.807) is 0 Å². The molecule has 2 atom stereocenters. The van der Waals surface area contributed by atoms with E-state index in [-0.39, 0.29) is 0 Å². The molecule has 0 fully saturated rings. The third-order valence-corrected chi connectivity index (χ3v) is 3.57. The Labute approximate surface area is 120 Å². The molecule has 2 aromatic carbocycles. The van der Waals surface area contributed by atoms with Gasteiger partial charge < -0.3 is 10.2 Å². The van der Waals surface area contributed by atoms with Gasteiger partial charge in [-0.25, -0.2) is 0 Å². The van der Waals surface area contributed by atoms with Crippen molar-refractivity contribution in [3.8, 4) is 0 Å². The SMILES string of the molecule is OC(CCCCC(O)c1ccccc1)c1ccccc1. The van der Waals surface area contributed by atoms with E-state index in [1.165, 1.54) is 0 Å². The van der Waals surface area contributed by atoms with Gasteiger partial charge in [0.25, 0.3) is 0 Å². The van der Waals surface area contributed by atoms with Crippen molar-refractivity contribution in [2.24, 2.45) is 0 Å². The Hall–Kier alpha value is -1.64. The molecule has 0 saturated heterocycles. The number of rotatable bonds is 7. The minimum Gasteiger partial charge on any atom is -0.388 e. The number of unbranched alkanes of at least 4 members (excludes halogenated alkanes) is 1. The monoisotopic (exact) mass is 270 g/mol. The van der Waals surface area contributed by atoms with Crippen molar-refractivity contribution in [2.75, 3.05) is 0 Å². The lowest BCUT2D eigenvalue weighted by Gasteiger charge is -2.13. The fourth-order valence-electron chi connectivity index (χ4n) is 2.36. The first-order valence-electron chi connectivity index (χ1n) is 7.23. The van der Waals surface area contributed by atoms with Gasteiger partial charge in [0.2, 0.25) is 0 Å². The zero-order valence-corrected chi connectivity index (χ0v) is 11.7. The van der Waals surface area contributed by atoms with E-state index < -0.39 is 12.2 Å². The molecule has 0 spiro atoms. The highest BCUT2D eigenvalue weighted by molar-refractivity contribution is 5.18. The lowest BCUT2D eigenvalue weighted by Crippen LogP contribution is -1.99. The van der Waals surface area contributed by atoms with Crippen molar-refractivity contribution in [1.29, 1.82) is 0 Å². The van der Waals surface area contributed by atoms with E-state index in [1.807, 2.05) is 60.7 Å². The van der Waals surface area contributed by atoms with Crippen LogP contribution >= 0.6 is 0 Å². The fourth-order valence-corrected chi connectivity index (χ4v) is 2.36. The number of hydrogen-bond donors (Lipinski definition) is 2. The Balaban J connectivity index is 1.69.